The predicted octanol–water partition coefficient (Wildman–Crippen LogP) is 1.86. The third-order valence-corrected chi connectivity index (χ3v) is 4.94. The van der Waals surface area contributed by atoms with Crippen LogP contribution in [0.25, 0.3) is 0 Å². The summed E-state index contributed by atoms with van der Waals surface area (Å²) in [7, 11) is -1.82. The molecule has 0 N–H and O–H groups in total. The SMILES string of the molecule is Cn1c(I)cnc1S(=O)(=O)c1ccccc1. The summed E-state index contributed by atoms with van der Waals surface area (Å²) >= 11 is 2.04. The normalized spacial score (nSPS) is 11.6. The van der Waals surface area contributed by atoms with Gasteiger partial charge in [-0.2, -0.15) is 0 Å². The number of benzene rings is 1. The molecule has 2 aromatic rings. The van der Waals surface area contributed by atoms with E-state index in [2.05, 4.69) is 4.98 Å². The van der Waals surface area contributed by atoms with Crippen molar-refractivity contribution < 1.29 is 8.42 Å². The molecule has 0 saturated carbocycles. The Morgan fingerprint density at radius 1 is 1.25 bits per heavy atom. The Bertz CT molecular complexity index is 605. The molecule has 0 amide bonds. The molecule has 0 fully saturated rings. The first-order valence-corrected chi connectivity index (χ1v) is 7.07. The van der Waals surface area contributed by atoms with Gasteiger partial charge in [0, 0.05) is 7.05 Å². The van der Waals surface area contributed by atoms with Crippen LogP contribution in [-0.4, -0.2) is 18.0 Å². The minimum atomic E-state index is -3.50. The van der Waals surface area contributed by atoms with E-state index < -0.39 is 9.84 Å². The van der Waals surface area contributed by atoms with E-state index >= 15 is 0 Å². The van der Waals surface area contributed by atoms with Gasteiger partial charge < -0.3 is 4.57 Å². The molecular weight excluding hydrogens is 339 g/mol. The molecule has 0 saturated heterocycles. The first-order chi connectivity index (χ1) is 7.53. The molecule has 0 unspecified atom stereocenters. The number of sulfone groups is 1. The second kappa shape index (κ2) is 4.17. The van der Waals surface area contributed by atoms with E-state index in [4.69, 9.17) is 0 Å². The maximum atomic E-state index is 12.2. The van der Waals surface area contributed by atoms with Crippen molar-refractivity contribution in [2.75, 3.05) is 0 Å². The zero-order chi connectivity index (χ0) is 11.8. The van der Waals surface area contributed by atoms with Crippen LogP contribution in [0.5, 0.6) is 0 Å². The van der Waals surface area contributed by atoms with Crippen LogP contribution in [0.1, 0.15) is 0 Å². The second-order valence-electron chi connectivity index (χ2n) is 3.24. The fourth-order valence-electron chi connectivity index (χ4n) is 1.33. The van der Waals surface area contributed by atoms with Gasteiger partial charge in [0.05, 0.1) is 11.1 Å². The molecule has 0 spiro atoms. The van der Waals surface area contributed by atoms with Crippen molar-refractivity contribution in [1.29, 1.82) is 0 Å². The van der Waals surface area contributed by atoms with Crippen molar-refractivity contribution in [2.45, 2.75) is 10.1 Å². The van der Waals surface area contributed by atoms with Crippen molar-refractivity contribution in [2.24, 2.45) is 7.05 Å². The van der Waals surface area contributed by atoms with E-state index in [1.165, 1.54) is 6.20 Å². The Morgan fingerprint density at radius 2 is 1.88 bits per heavy atom. The Balaban J connectivity index is 2.61. The largest absolute Gasteiger partial charge is 0.313 e. The fraction of sp³-hybridized carbons (Fsp3) is 0.100. The molecule has 84 valence electrons. The zero-order valence-corrected chi connectivity index (χ0v) is 11.4. The summed E-state index contributed by atoms with van der Waals surface area (Å²) in [5.74, 6) is 0. The monoisotopic (exact) mass is 348 g/mol. The van der Waals surface area contributed by atoms with Gasteiger partial charge in [-0.3, -0.25) is 0 Å². The molecular formula is C10H9IN2O2S. The van der Waals surface area contributed by atoms with Crippen LogP contribution >= 0.6 is 22.6 Å². The third kappa shape index (κ3) is 1.86. The van der Waals surface area contributed by atoms with E-state index in [1.54, 1.807) is 41.9 Å². The Kier molecular flexibility index (Phi) is 3.02. The van der Waals surface area contributed by atoms with Gasteiger partial charge in [0.1, 0.15) is 3.70 Å². The lowest BCUT2D eigenvalue weighted by Crippen LogP contribution is -2.09. The Labute approximate surface area is 107 Å². The summed E-state index contributed by atoms with van der Waals surface area (Å²) in [4.78, 5) is 4.19. The summed E-state index contributed by atoms with van der Waals surface area (Å²) in [5, 5.41) is 0.0723. The number of rotatable bonds is 2. The van der Waals surface area contributed by atoms with Gasteiger partial charge >= 0.3 is 0 Å². The molecule has 1 aromatic carbocycles. The van der Waals surface area contributed by atoms with Gasteiger partial charge in [-0.05, 0) is 34.7 Å². The Morgan fingerprint density at radius 3 is 2.38 bits per heavy atom. The molecule has 0 bridgehead atoms. The summed E-state index contributed by atoms with van der Waals surface area (Å²) in [6.45, 7) is 0. The van der Waals surface area contributed by atoms with Crippen LogP contribution in [0, 0.1) is 3.70 Å². The third-order valence-electron chi connectivity index (χ3n) is 2.18. The minimum absolute atomic E-state index is 0.0723. The van der Waals surface area contributed by atoms with E-state index in [0.29, 0.717) is 0 Å². The molecule has 1 aromatic heterocycles. The Hall–Kier alpha value is -0.890. The summed E-state index contributed by atoms with van der Waals surface area (Å²) in [6.07, 6.45) is 1.54. The molecule has 4 nitrogen and oxygen atoms in total. The topological polar surface area (TPSA) is 52.0 Å². The number of nitrogens with zero attached hydrogens (tertiary/aromatic N) is 2. The second-order valence-corrected chi connectivity index (χ2v) is 6.19. The van der Waals surface area contributed by atoms with Crippen LogP contribution in [-0.2, 0) is 16.9 Å². The average Bonchev–Trinajstić information content (AvgIpc) is 2.61. The van der Waals surface area contributed by atoms with Crippen molar-refractivity contribution in [1.82, 2.24) is 9.55 Å². The molecule has 1 heterocycles. The zero-order valence-electron chi connectivity index (χ0n) is 8.46. The molecule has 0 atom stereocenters. The molecule has 0 aliphatic rings. The van der Waals surface area contributed by atoms with Crippen molar-refractivity contribution >= 4 is 32.4 Å². The van der Waals surface area contributed by atoms with Gasteiger partial charge in [0.2, 0.25) is 15.0 Å². The highest BCUT2D eigenvalue weighted by Gasteiger charge is 2.22. The van der Waals surface area contributed by atoms with Crippen LogP contribution in [0.3, 0.4) is 0 Å². The van der Waals surface area contributed by atoms with Crippen molar-refractivity contribution in [3.63, 3.8) is 0 Å². The van der Waals surface area contributed by atoms with Crippen molar-refractivity contribution in [3.8, 4) is 0 Å². The summed E-state index contributed by atoms with van der Waals surface area (Å²) < 4.78 is 26.7. The smallest absolute Gasteiger partial charge is 0.240 e. The standard InChI is InChI=1S/C10H9IN2O2S/c1-13-9(11)7-12-10(13)16(14,15)8-5-3-2-4-6-8/h2-7H,1H3. The van der Waals surface area contributed by atoms with Crippen LogP contribution in [0.15, 0.2) is 46.6 Å². The van der Waals surface area contributed by atoms with Gasteiger partial charge in [-0.1, -0.05) is 18.2 Å². The first kappa shape index (κ1) is 11.6. The molecule has 16 heavy (non-hydrogen) atoms. The summed E-state index contributed by atoms with van der Waals surface area (Å²) in [6, 6.07) is 8.30. The lowest BCUT2D eigenvalue weighted by molar-refractivity contribution is 0.578. The molecule has 6 heteroatoms. The van der Waals surface area contributed by atoms with Gasteiger partial charge in [-0.25, -0.2) is 13.4 Å². The van der Waals surface area contributed by atoms with Crippen LogP contribution in [0.2, 0.25) is 0 Å². The van der Waals surface area contributed by atoms with E-state index in [0.717, 1.165) is 3.70 Å². The highest BCUT2D eigenvalue weighted by atomic mass is 127. The number of hydrogen-bond acceptors (Lipinski definition) is 3. The minimum Gasteiger partial charge on any atom is -0.313 e. The quantitative estimate of drug-likeness (QED) is 0.779. The van der Waals surface area contributed by atoms with Crippen LogP contribution in [0.4, 0.5) is 0 Å². The molecule has 0 radical (unpaired) electrons. The van der Waals surface area contributed by atoms with E-state index in [-0.39, 0.29) is 10.1 Å². The number of imidazole rings is 1. The first-order valence-electron chi connectivity index (χ1n) is 4.51. The fourth-order valence-corrected chi connectivity index (χ4v) is 3.24. The molecule has 0 aliphatic carbocycles. The average molecular weight is 348 g/mol. The number of hydrogen-bond donors (Lipinski definition) is 0. The number of halogens is 1. The maximum absolute atomic E-state index is 12.2. The van der Waals surface area contributed by atoms with E-state index in [9.17, 15) is 8.42 Å². The van der Waals surface area contributed by atoms with Gasteiger partial charge in [0.25, 0.3) is 0 Å². The maximum Gasteiger partial charge on any atom is 0.240 e. The highest BCUT2D eigenvalue weighted by molar-refractivity contribution is 14.1. The van der Waals surface area contributed by atoms with Gasteiger partial charge in [0.15, 0.2) is 0 Å². The van der Waals surface area contributed by atoms with E-state index in [1.807, 2.05) is 22.6 Å². The van der Waals surface area contributed by atoms with Gasteiger partial charge in [-0.15, -0.1) is 0 Å². The number of aromatic nitrogens is 2. The molecule has 0 aliphatic heterocycles. The van der Waals surface area contributed by atoms with Crippen LogP contribution < -0.4 is 0 Å². The highest BCUT2D eigenvalue weighted by Crippen LogP contribution is 2.20. The predicted molar refractivity (Wildman–Crippen MR) is 67.8 cm³/mol. The lowest BCUT2D eigenvalue weighted by Gasteiger charge is -2.04. The van der Waals surface area contributed by atoms with Crippen molar-refractivity contribution in [3.05, 3.63) is 40.2 Å². The molecule has 2 rings (SSSR count). The lowest BCUT2D eigenvalue weighted by atomic mass is 10.4. The summed E-state index contributed by atoms with van der Waals surface area (Å²) in [5.41, 5.74) is 0.